The summed E-state index contributed by atoms with van der Waals surface area (Å²) in [5.74, 6) is -2.50. The molecule has 1 aromatic heterocycles. The van der Waals surface area contributed by atoms with E-state index in [-0.39, 0.29) is 24.4 Å². The zero-order valence-corrected chi connectivity index (χ0v) is 15.6. The number of nitrogens with zero attached hydrogens (tertiary/aromatic N) is 2. The number of anilines is 1. The zero-order chi connectivity index (χ0) is 20.6. The number of hydrogen-bond acceptors (Lipinski definition) is 3. The summed E-state index contributed by atoms with van der Waals surface area (Å²) in [5.41, 5.74) is 1.45. The number of aromatic nitrogens is 2. The smallest absolute Gasteiger partial charge is 0.254 e. The lowest BCUT2D eigenvalue weighted by Gasteiger charge is -2.09. The molecule has 0 aliphatic heterocycles. The first-order valence-electron chi connectivity index (χ1n) is 9.11. The fourth-order valence-electron chi connectivity index (χ4n) is 2.77. The molecule has 0 aliphatic carbocycles. The number of halogens is 2. The van der Waals surface area contributed by atoms with Crippen molar-refractivity contribution < 1.29 is 18.4 Å². The predicted molar refractivity (Wildman–Crippen MR) is 104 cm³/mol. The van der Waals surface area contributed by atoms with Gasteiger partial charge in [-0.05, 0) is 42.3 Å². The molecule has 0 fully saturated rings. The van der Waals surface area contributed by atoms with Crippen molar-refractivity contribution >= 4 is 17.5 Å². The van der Waals surface area contributed by atoms with Crippen molar-refractivity contribution in [3.63, 3.8) is 0 Å². The molecule has 0 spiro atoms. The highest BCUT2D eigenvalue weighted by molar-refractivity contribution is 5.94. The summed E-state index contributed by atoms with van der Waals surface area (Å²) in [4.78, 5) is 24.0. The molecule has 29 heavy (non-hydrogen) atoms. The van der Waals surface area contributed by atoms with Gasteiger partial charge in [-0.25, -0.2) is 8.78 Å². The van der Waals surface area contributed by atoms with Crippen molar-refractivity contribution in [2.24, 2.45) is 0 Å². The fourth-order valence-corrected chi connectivity index (χ4v) is 2.77. The number of hydrogen-bond donors (Lipinski definition) is 2. The van der Waals surface area contributed by atoms with Gasteiger partial charge in [0.15, 0.2) is 0 Å². The number of carbonyl (C=O) groups is 2. The van der Waals surface area contributed by atoms with Gasteiger partial charge < -0.3 is 10.6 Å². The van der Waals surface area contributed by atoms with E-state index >= 15 is 0 Å². The largest absolute Gasteiger partial charge is 0.352 e. The molecule has 6 nitrogen and oxygen atoms in total. The van der Waals surface area contributed by atoms with Crippen LogP contribution in [0.25, 0.3) is 0 Å². The highest BCUT2D eigenvalue weighted by atomic mass is 19.1. The van der Waals surface area contributed by atoms with Gasteiger partial charge in [-0.3, -0.25) is 14.3 Å². The first-order chi connectivity index (χ1) is 14.0. The fraction of sp³-hybridized carbons (Fsp3) is 0.190. The molecule has 2 aromatic carbocycles. The predicted octanol–water partition coefficient (Wildman–Crippen LogP) is 3.36. The lowest BCUT2D eigenvalue weighted by molar-refractivity contribution is -0.116. The lowest BCUT2D eigenvalue weighted by Crippen LogP contribution is -2.26. The normalized spacial score (nSPS) is 10.6. The molecular formula is C21H20F2N4O2. The van der Waals surface area contributed by atoms with E-state index in [4.69, 9.17) is 0 Å². The van der Waals surface area contributed by atoms with Crippen molar-refractivity contribution in [3.05, 3.63) is 83.7 Å². The molecule has 0 aliphatic rings. The topological polar surface area (TPSA) is 76.0 Å². The highest BCUT2D eigenvalue weighted by Crippen LogP contribution is 2.13. The van der Waals surface area contributed by atoms with Gasteiger partial charge in [0.2, 0.25) is 5.91 Å². The molecule has 150 valence electrons. The second kappa shape index (κ2) is 9.59. The van der Waals surface area contributed by atoms with Crippen LogP contribution in [-0.2, 0) is 11.3 Å². The van der Waals surface area contributed by atoms with Gasteiger partial charge in [-0.15, -0.1) is 0 Å². The molecule has 0 atom stereocenters. The lowest BCUT2D eigenvalue weighted by atomic mass is 10.2. The van der Waals surface area contributed by atoms with Crippen LogP contribution in [0.2, 0.25) is 0 Å². The zero-order valence-electron chi connectivity index (χ0n) is 15.6. The van der Waals surface area contributed by atoms with Gasteiger partial charge in [-0.1, -0.05) is 12.1 Å². The Hall–Kier alpha value is -3.55. The standard InChI is InChI=1S/C21H20F2N4O2/c22-16-7-8-18(19(23)13-16)21(29)24-9-2-6-20(28)26-17-5-1-4-15(12-17)14-27-11-3-10-25-27/h1,3-5,7-8,10-13H,2,6,9,14H2,(H,24,29)(H,26,28). The van der Waals surface area contributed by atoms with Gasteiger partial charge in [0.25, 0.3) is 5.91 Å². The molecule has 2 N–H and O–H groups in total. The minimum atomic E-state index is -0.921. The second-order valence-electron chi connectivity index (χ2n) is 6.44. The summed E-state index contributed by atoms with van der Waals surface area (Å²) in [6.45, 7) is 0.797. The number of amides is 2. The molecule has 0 radical (unpaired) electrons. The van der Waals surface area contributed by atoms with Crippen LogP contribution in [0.15, 0.2) is 60.9 Å². The van der Waals surface area contributed by atoms with E-state index in [0.717, 1.165) is 17.7 Å². The monoisotopic (exact) mass is 398 g/mol. The Morgan fingerprint density at radius 3 is 2.69 bits per heavy atom. The number of benzene rings is 2. The van der Waals surface area contributed by atoms with E-state index in [0.29, 0.717) is 24.7 Å². The number of rotatable bonds is 8. The van der Waals surface area contributed by atoms with E-state index in [1.54, 1.807) is 16.9 Å². The van der Waals surface area contributed by atoms with Gasteiger partial charge >= 0.3 is 0 Å². The average molecular weight is 398 g/mol. The Labute approximate surface area is 166 Å². The number of nitrogens with one attached hydrogen (secondary N) is 2. The number of carbonyl (C=O) groups excluding carboxylic acids is 2. The maximum Gasteiger partial charge on any atom is 0.254 e. The minimum Gasteiger partial charge on any atom is -0.352 e. The van der Waals surface area contributed by atoms with Crippen LogP contribution in [0.5, 0.6) is 0 Å². The van der Waals surface area contributed by atoms with Crippen molar-refractivity contribution in [1.29, 1.82) is 0 Å². The first-order valence-corrected chi connectivity index (χ1v) is 9.11. The van der Waals surface area contributed by atoms with E-state index in [2.05, 4.69) is 15.7 Å². The molecule has 2 amide bonds. The van der Waals surface area contributed by atoms with E-state index in [9.17, 15) is 18.4 Å². The van der Waals surface area contributed by atoms with Crippen LogP contribution >= 0.6 is 0 Å². The summed E-state index contributed by atoms with van der Waals surface area (Å²) >= 11 is 0. The maximum atomic E-state index is 13.6. The van der Waals surface area contributed by atoms with Crippen molar-refractivity contribution in [2.45, 2.75) is 19.4 Å². The molecular weight excluding hydrogens is 378 g/mol. The van der Waals surface area contributed by atoms with Gasteiger partial charge in [-0.2, -0.15) is 5.10 Å². The second-order valence-corrected chi connectivity index (χ2v) is 6.44. The van der Waals surface area contributed by atoms with Crippen LogP contribution in [0.4, 0.5) is 14.5 Å². The third-order valence-corrected chi connectivity index (χ3v) is 4.16. The maximum absolute atomic E-state index is 13.6. The summed E-state index contributed by atoms with van der Waals surface area (Å²) in [6.07, 6.45) is 4.13. The Balaban J connectivity index is 1.42. The summed E-state index contributed by atoms with van der Waals surface area (Å²) < 4.78 is 28.2. The van der Waals surface area contributed by atoms with Gasteiger partial charge in [0.1, 0.15) is 11.6 Å². The molecule has 3 rings (SSSR count). The van der Waals surface area contributed by atoms with Crippen molar-refractivity contribution in [2.75, 3.05) is 11.9 Å². The van der Waals surface area contributed by atoms with Crippen LogP contribution in [-0.4, -0.2) is 28.1 Å². The van der Waals surface area contributed by atoms with Crippen molar-refractivity contribution in [3.8, 4) is 0 Å². The Bertz CT molecular complexity index is 990. The molecule has 0 saturated heterocycles. The van der Waals surface area contributed by atoms with Crippen LogP contribution in [0.3, 0.4) is 0 Å². The molecule has 0 saturated carbocycles. The SMILES string of the molecule is O=C(CCCNC(=O)c1ccc(F)cc1F)Nc1cccc(Cn2cccn2)c1. The molecule has 1 heterocycles. The Kier molecular flexibility index (Phi) is 6.67. The third kappa shape index (κ3) is 5.97. The van der Waals surface area contributed by atoms with Crippen LogP contribution in [0.1, 0.15) is 28.8 Å². The van der Waals surface area contributed by atoms with Crippen LogP contribution < -0.4 is 10.6 Å². The first kappa shape index (κ1) is 20.2. The third-order valence-electron chi connectivity index (χ3n) is 4.16. The van der Waals surface area contributed by atoms with Gasteiger partial charge in [0.05, 0.1) is 12.1 Å². The van der Waals surface area contributed by atoms with E-state index < -0.39 is 17.5 Å². The van der Waals surface area contributed by atoms with E-state index in [1.165, 1.54) is 0 Å². The van der Waals surface area contributed by atoms with Gasteiger partial charge in [0, 0.05) is 37.1 Å². The molecule has 0 bridgehead atoms. The van der Waals surface area contributed by atoms with Crippen molar-refractivity contribution in [1.82, 2.24) is 15.1 Å². The molecule has 0 unspecified atom stereocenters. The molecule has 8 heteroatoms. The highest BCUT2D eigenvalue weighted by Gasteiger charge is 2.12. The van der Waals surface area contributed by atoms with Crippen LogP contribution in [0, 0.1) is 11.6 Å². The summed E-state index contributed by atoms with van der Waals surface area (Å²) in [7, 11) is 0. The Morgan fingerprint density at radius 1 is 1.07 bits per heavy atom. The molecule has 3 aromatic rings. The van der Waals surface area contributed by atoms with E-state index in [1.807, 2.05) is 30.5 Å². The minimum absolute atomic E-state index is 0.190. The quantitative estimate of drug-likeness (QED) is 0.572. The summed E-state index contributed by atoms with van der Waals surface area (Å²) in [6, 6.07) is 12.1. The Morgan fingerprint density at radius 2 is 1.93 bits per heavy atom. The summed E-state index contributed by atoms with van der Waals surface area (Å²) in [5, 5.41) is 9.49. The average Bonchev–Trinajstić information content (AvgIpc) is 3.18.